The molecule has 208 valence electrons. The molecule has 3 aromatic carbocycles. The van der Waals surface area contributed by atoms with Crippen molar-refractivity contribution in [3.05, 3.63) is 102 Å². The average Bonchev–Trinajstić information content (AvgIpc) is 3.55. The van der Waals surface area contributed by atoms with Gasteiger partial charge in [-0.05, 0) is 98.6 Å². The Labute approximate surface area is 239 Å². The number of amides is 2. The number of aromatic amines is 1. The zero-order valence-corrected chi connectivity index (χ0v) is 22.8. The van der Waals surface area contributed by atoms with Crippen molar-refractivity contribution in [2.45, 2.75) is 25.9 Å². The third kappa shape index (κ3) is 6.40. The molecule has 2 amide bonds. The van der Waals surface area contributed by atoms with E-state index in [0.717, 1.165) is 37.3 Å². The van der Waals surface area contributed by atoms with Gasteiger partial charge in [0.25, 0.3) is 11.8 Å². The highest BCUT2D eigenvalue weighted by molar-refractivity contribution is 6.05. The number of carbonyl (C=O) groups is 2. The highest BCUT2D eigenvalue weighted by atomic mass is 16.3. The summed E-state index contributed by atoms with van der Waals surface area (Å²) in [5, 5.41) is 25.7. The number of carbonyl (C=O) groups excluding carboxylic acids is 2. The SMILES string of the molecule is CCN(C(=O)c1ccc[nH]1)c1ccc(Nc2ccc(NC(=O)c3ccc(N4CCC(O)CC4)cc3)cc2)c(C#N)c1. The van der Waals surface area contributed by atoms with E-state index >= 15 is 0 Å². The number of anilines is 5. The van der Waals surface area contributed by atoms with Crippen molar-refractivity contribution in [2.24, 2.45) is 0 Å². The van der Waals surface area contributed by atoms with Gasteiger partial charge in [0.05, 0.1) is 17.4 Å². The number of piperidine rings is 1. The van der Waals surface area contributed by atoms with Crippen LogP contribution in [0.25, 0.3) is 0 Å². The van der Waals surface area contributed by atoms with Crippen LogP contribution in [0.15, 0.2) is 85.1 Å². The summed E-state index contributed by atoms with van der Waals surface area (Å²) < 4.78 is 0. The van der Waals surface area contributed by atoms with E-state index in [1.165, 1.54) is 0 Å². The van der Waals surface area contributed by atoms with Crippen molar-refractivity contribution in [3.63, 3.8) is 0 Å². The maximum Gasteiger partial charge on any atom is 0.274 e. The van der Waals surface area contributed by atoms with Crippen LogP contribution >= 0.6 is 0 Å². The maximum absolute atomic E-state index is 12.9. The molecule has 0 radical (unpaired) electrons. The fourth-order valence-corrected chi connectivity index (χ4v) is 4.90. The number of hydrogen-bond acceptors (Lipinski definition) is 6. The van der Waals surface area contributed by atoms with Gasteiger partial charge in [0.15, 0.2) is 0 Å². The molecule has 0 atom stereocenters. The maximum atomic E-state index is 12.9. The van der Waals surface area contributed by atoms with Gasteiger partial charge in [-0.3, -0.25) is 9.59 Å². The van der Waals surface area contributed by atoms with Gasteiger partial charge in [0, 0.05) is 54.1 Å². The second-order valence-corrected chi connectivity index (χ2v) is 9.90. The van der Waals surface area contributed by atoms with Crippen LogP contribution in [0, 0.1) is 11.3 Å². The first-order valence-corrected chi connectivity index (χ1v) is 13.7. The van der Waals surface area contributed by atoms with Gasteiger partial charge in [-0.1, -0.05) is 0 Å². The third-order valence-corrected chi connectivity index (χ3v) is 7.21. The molecule has 1 aromatic heterocycles. The van der Waals surface area contributed by atoms with Crippen LogP contribution in [0.5, 0.6) is 0 Å². The minimum atomic E-state index is -0.226. The molecule has 0 saturated carbocycles. The van der Waals surface area contributed by atoms with E-state index in [2.05, 4.69) is 26.6 Å². The topological polar surface area (TPSA) is 124 Å². The van der Waals surface area contributed by atoms with Crippen LogP contribution in [0.1, 0.15) is 46.2 Å². The lowest BCUT2D eigenvalue weighted by atomic mass is 10.1. The van der Waals surface area contributed by atoms with Crippen LogP contribution in [-0.4, -0.2) is 47.6 Å². The van der Waals surface area contributed by atoms with Crippen LogP contribution < -0.4 is 20.4 Å². The Hall–Kier alpha value is -5.07. The molecule has 0 unspecified atom stereocenters. The molecular weight excluding hydrogens is 516 g/mol. The van der Waals surface area contributed by atoms with Crippen LogP contribution in [0.4, 0.5) is 28.4 Å². The summed E-state index contributed by atoms with van der Waals surface area (Å²) in [6.45, 7) is 3.95. The zero-order valence-electron chi connectivity index (χ0n) is 22.8. The lowest BCUT2D eigenvalue weighted by Gasteiger charge is -2.31. The van der Waals surface area contributed by atoms with Crippen molar-refractivity contribution in [3.8, 4) is 6.07 Å². The van der Waals surface area contributed by atoms with Crippen molar-refractivity contribution in [1.29, 1.82) is 5.26 Å². The molecule has 0 aliphatic carbocycles. The summed E-state index contributed by atoms with van der Waals surface area (Å²) in [5.74, 6) is -0.374. The Morgan fingerprint density at radius 2 is 1.73 bits per heavy atom. The molecular formula is C32H32N6O3. The molecule has 0 spiro atoms. The number of benzene rings is 3. The Balaban J connectivity index is 1.21. The summed E-state index contributed by atoms with van der Waals surface area (Å²) in [6.07, 6.45) is 2.98. The van der Waals surface area contributed by atoms with Crippen LogP contribution in [-0.2, 0) is 0 Å². The second-order valence-electron chi connectivity index (χ2n) is 9.90. The highest BCUT2D eigenvalue weighted by Crippen LogP contribution is 2.28. The Kier molecular flexibility index (Phi) is 8.32. The summed E-state index contributed by atoms with van der Waals surface area (Å²) in [6, 6.07) is 25.7. The van der Waals surface area contributed by atoms with Crippen LogP contribution in [0.2, 0.25) is 0 Å². The monoisotopic (exact) mass is 548 g/mol. The Morgan fingerprint density at radius 3 is 2.37 bits per heavy atom. The normalized spacial score (nSPS) is 13.3. The minimum Gasteiger partial charge on any atom is -0.393 e. The van der Waals surface area contributed by atoms with E-state index in [4.69, 9.17) is 0 Å². The van der Waals surface area contributed by atoms with E-state index in [-0.39, 0.29) is 17.9 Å². The van der Waals surface area contributed by atoms with Gasteiger partial charge in [-0.2, -0.15) is 5.26 Å². The van der Waals surface area contributed by atoms with Gasteiger partial charge in [-0.15, -0.1) is 0 Å². The minimum absolute atomic E-state index is 0.168. The van der Waals surface area contributed by atoms with Gasteiger partial charge in [0.2, 0.25) is 0 Å². The third-order valence-electron chi connectivity index (χ3n) is 7.21. The Morgan fingerprint density at radius 1 is 1.02 bits per heavy atom. The highest BCUT2D eigenvalue weighted by Gasteiger charge is 2.19. The predicted octanol–water partition coefficient (Wildman–Crippen LogP) is 5.51. The van der Waals surface area contributed by atoms with Crippen molar-refractivity contribution >= 4 is 40.3 Å². The number of hydrogen-bond donors (Lipinski definition) is 4. The fraction of sp³-hybridized carbons (Fsp3) is 0.219. The van der Waals surface area contributed by atoms with Crippen molar-refractivity contribution in [2.75, 3.05) is 40.1 Å². The number of nitrogens with zero attached hydrogens (tertiary/aromatic N) is 3. The quantitative estimate of drug-likeness (QED) is 0.230. The molecule has 0 bridgehead atoms. The molecule has 1 fully saturated rings. The lowest BCUT2D eigenvalue weighted by molar-refractivity contribution is 0.0982. The zero-order chi connectivity index (χ0) is 28.8. The molecule has 4 N–H and O–H groups in total. The number of H-pyrrole nitrogens is 1. The molecule has 4 aromatic rings. The second kappa shape index (κ2) is 12.4. The van der Waals surface area contributed by atoms with E-state index in [9.17, 15) is 20.0 Å². The summed E-state index contributed by atoms with van der Waals surface area (Å²) >= 11 is 0. The molecule has 1 saturated heterocycles. The molecule has 2 heterocycles. The first kappa shape index (κ1) is 27.5. The first-order valence-electron chi connectivity index (χ1n) is 13.7. The smallest absolute Gasteiger partial charge is 0.274 e. The summed E-state index contributed by atoms with van der Waals surface area (Å²) in [5.41, 5.74) is 5.13. The van der Waals surface area contributed by atoms with Crippen LogP contribution in [0.3, 0.4) is 0 Å². The number of nitrogens with one attached hydrogen (secondary N) is 3. The summed E-state index contributed by atoms with van der Waals surface area (Å²) in [4.78, 5) is 32.4. The van der Waals surface area contributed by atoms with Gasteiger partial charge >= 0.3 is 0 Å². The molecule has 9 heteroatoms. The van der Waals surface area contributed by atoms with E-state index in [1.54, 1.807) is 47.5 Å². The van der Waals surface area contributed by atoms with E-state index < -0.39 is 0 Å². The average molecular weight is 549 g/mol. The molecule has 9 nitrogen and oxygen atoms in total. The largest absolute Gasteiger partial charge is 0.393 e. The predicted molar refractivity (Wildman–Crippen MR) is 161 cm³/mol. The van der Waals surface area contributed by atoms with Gasteiger partial charge < -0.3 is 30.5 Å². The molecule has 41 heavy (non-hydrogen) atoms. The summed E-state index contributed by atoms with van der Waals surface area (Å²) in [7, 11) is 0. The first-order chi connectivity index (χ1) is 19.9. The lowest BCUT2D eigenvalue weighted by Crippen LogP contribution is -2.35. The van der Waals surface area contributed by atoms with Gasteiger partial charge in [0.1, 0.15) is 11.8 Å². The number of rotatable bonds is 8. The molecule has 1 aliphatic heterocycles. The molecule has 1 aliphatic rings. The van der Waals surface area contributed by atoms with Gasteiger partial charge in [-0.25, -0.2) is 0 Å². The number of nitriles is 1. The molecule has 5 rings (SSSR count). The number of aliphatic hydroxyl groups is 1. The van der Waals surface area contributed by atoms with E-state index in [1.807, 2.05) is 49.4 Å². The van der Waals surface area contributed by atoms with Crippen molar-refractivity contribution in [1.82, 2.24) is 4.98 Å². The standard InChI is InChI=1S/C32H32N6O3/c1-2-38(32(41)30-4-3-17-34-30)27-13-14-29(23(20-27)21-33)35-24-7-9-25(10-8-24)36-31(40)22-5-11-26(12-6-22)37-18-15-28(39)16-19-37/h3-14,17,20,28,34-35,39H,2,15-16,18-19H2,1H3,(H,36,40). The number of aromatic nitrogens is 1. The Bertz CT molecular complexity index is 1530. The van der Waals surface area contributed by atoms with E-state index in [0.29, 0.717) is 40.4 Å². The fourth-order valence-electron chi connectivity index (χ4n) is 4.90. The van der Waals surface area contributed by atoms with Crippen molar-refractivity contribution < 1.29 is 14.7 Å². The number of aliphatic hydroxyl groups excluding tert-OH is 1.